The lowest BCUT2D eigenvalue weighted by Gasteiger charge is -2.14. The summed E-state index contributed by atoms with van der Waals surface area (Å²) >= 11 is 5.38. The maximum absolute atomic E-state index is 12.2. The highest BCUT2D eigenvalue weighted by atomic mass is 32.1. The Kier molecular flexibility index (Phi) is 9.55. The summed E-state index contributed by atoms with van der Waals surface area (Å²) in [5.41, 5.74) is 13.6. The van der Waals surface area contributed by atoms with Crippen molar-refractivity contribution in [3.8, 4) is 5.75 Å². The van der Waals surface area contributed by atoms with Crippen LogP contribution in [0, 0.1) is 0 Å². The zero-order chi connectivity index (χ0) is 27.7. The predicted octanol–water partition coefficient (Wildman–Crippen LogP) is 6.48. The SMILES string of the molecule is C/C(=N\NC(=S)Nc1ccccc1C(C)C)c1ccc(C(N)=NC=Nc2ccc(OC(F)(F)F)cc2)cc1. The van der Waals surface area contributed by atoms with Gasteiger partial charge in [-0.25, -0.2) is 9.98 Å². The molecule has 11 heteroatoms. The number of amidine groups is 1. The second-order valence-corrected chi connectivity index (χ2v) is 8.79. The normalized spacial score (nSPS) is 12.6. The summed E-state index contributed by atoms with van der Waals surface area (Å²) in [5, 5.41) is 7.92. The Morgan fingerprint density at radius 2 is 1.61 bits per heavy atom. The highest BCUT2D eigenvalue weighted by Crippen LogP contribution is 2.25. The summed E-state index contributed by atoms with van der Waals surface area (Å²) in [4.78, 5) is 8.15. The smallest absolute Gasteiger partial charge is 0.406 e. The molecule has 198 valence electrons. The number of hydrazone groups is 1. The number of rotatable bonds is 8. The van der Waals surface area contributed by atoms with Crippen molar-refractivity contribution in [3.63, 3.8) is 0 Å². The van der Waals surface area contributed by atoms with Gasteiger partial charge in [0.05, 0.1) is 11.4 Å². The Labute approximate surface area is 224 Å². The largest absolute Gasteiger partial charge is 0.573 e. The lowest BCUT2D eigenvalue weighted by Crippen LogP contribution is -2.25. The van der Waals surface area contributed by atoms with Crippen molar-refractivity contribution >= 4 is 46.6 Å². The third-order valence-corrected chi connectivity index (χ3v) is 5.42. The molecule has 0 bridgehead atoms. The van der Waals surface area contributed by atoms with Crippen molar-refractivity contribution in [2.45, 2.75) is 33.1 Å². The number of aliphatic imine (C=N–C) groups is 2. The fraction of sp³-hybridized carbons (Fsp3) is 0.185. The molecule has 4 N–H and O–H groups in total. The summed E-state index contributed by atoms with van der Waals surface area (Å²) in [6, 6.07) is 20.3. The van der Waals surface area contributed by atoms with Gasteiger partial charge in [-0.15, -0.1) is 13.2 Å². The number of nitrogens with two attached hydrogens (primary N) is 1. The van der Waals surface area contributed by atoms with E-state index in [1.54, 1.807) is 12.1 Å². The molecule has 0 amide bonds. The number of nitrogens with one attached hydrogen (secondary N) is 2. The van der Waals surface area contributed by atoms with E-state index in [1.165, 1.54) is 18.5 Å². The third kappa shape index (κ3) is 8.70. The molecule has 3 rings (SSSR count). The molecule has 3 aromatic carbocycles. The van der Waals surface area contributed by atoms with E-state index in [0.717, 1.165) is 28.9 Å². The first-order chi connectivity index (χ1) is 18.0. The van der Waals surface area contributed by atoms with Crippen LogP contribution in [0.15, 0.2) is 87.9 Å². The maximum atomic E-state index is 12.2. The first-order valence-electron chi connectivity index (χ1n) is 11.5. The molecule has 0 saturated heterocycles. The van der Waals surface area contributed by atoms with E-state index < -0.39 is 6.36 Å². The Hall–Kier alpha value is -4.25. The summed E-state index contributed by atoms with van der Waals surface area (Å²) in [7, 11) is 0. The van der Waals surface area contributed by atoms with Crippen LogP contribution in [0.3, 0.4) is 0 Å². The summed E-state index contributed by atoms with van der Waals surface area (Å²) in [5.74, 6) is 0.239. The van der Waals surface area contributed by atoms with Crippen LogP contribution in [0.4, 0.5) is 24.5 Å². The van der Waals surface area contributed by atoms with Crippen LogP contribution in [0.1, 0.15) is 43.4 Å². The first-order valence-corrected chi connectivity index (χ1v) is 12.0. The number of halogens is 3. The van der Waals surface area contributed by atoms with Gasteiger partial charge in [-0.1, -0.05) is 56.3 Å². The quantitative estimate of drug-likeness (QED) is 0.131. The topological polar surface area (TPSA) is 96.4 Å². The molecule has 0 unspecified atom stereocenters. The molecule has 0 aliphatic carbocycles. The van der Waals surface area contributed by atoms with Crippen molar-refractivity contribution in [3.05, 3.63) is 89.5 Å². The molecule has 0 aromatic heterocycles. The van der Waals surface area contributed by atoms with Gasteiger partial charge in [0.2, 0.25) is 0 Å². The zero-order valence-electron chi connectivity index (χ0n) is 21.0. The fourth-order valence-electron chi connectivity index (χ4n) is 3.31. The number of ether oxygens (including phenoxy) is 1. The molecular weight excluding hydrogens is 513 g/mol. The van der Waals surface area contributed by atoms with Gasteiger partial charge in [-0.2, -0.15) is 5.10 Å². The number of alkyl halides is 3. The third-order valence-electron chi connectivity index (χ3n) is 5.23. The van der Waals surface area contributed by atoms with Gasteiger partial charge in [0.15, 0.2) is 5.11 Å². The molecule has 0 heterocycles. The standard InChI is InChI=1S/C27H27F3N6OS/c1-17(2)23-6-4-5-7-24(23)34-26(38)36-35-18(3)19-8-10-20(11-9-19)25(31)33-16-32-21-12-14-22(15-13-21)37-27(28,29)30/h4-17H,1-3H3,(H2,31,32,33)(H2,34,36,38)/b35-18+. The van der Waals surface area contributed by atoms with E-state index in [4.69, 9.17) is 18.0 Å². The molecule has 0 aliphatic rings. The first kappa shape index (κ1) is 28.3. The van der Waals surface area contributed by atoms with E-state index in [1.807, 2.05) is 37.3 Å². The maximum Gasteiger partial charge on any atom is 0.573 e. The van der Waals surface area contributed by atoms with Crippen LogP contribution in [-0.2, 0) is 0 Å². The molecule has 3 aromatic rings. The van der Waals surface area contributed by atoms with E-state index in [2.05, 4.69) is 50.5 Å². The van der Waals surface area contributed by atoms with Crippen LogP contribution in [0.5, 0.6) is 5.75 Å². The van der Waals surface area contributed by atoms with Crippen LogP contribution >= 0.6 is 12.2 Å². The van der Waals surface area contributed by atoms with E-state index in [0.29, 0.717) is 28.0 Å². The van der Waals surface area contributed by atoms with Gasteiger partial charge < -0.3 is 15.8 Å². The summed E-state index contributed by atoms with van der Waals surface area (Å²) < 4.78 is 40.5. The van der Waals surface area contributed by atoms with Crippen molar-refractivity contribution < 1.29 is 17.9 Å². The van der Waals surface area contributed by atoms with Crippen molar-refractivity contribution in [1.82, 2.24) is 5.43 Å². The Morgan fingerprint density at radius 3 is 2.24 bits per heavy atom. The van der Waals surface area contributed by atoms with Crippen molar-refractivity contribution in [2.75, 3.05) is 5.32 Å². The Morgan fingerprint density at radius 1 is 0.974 bits per heavy atom. The molecule has 0 fully saturated rings. The van der Waals surface area contributed by atoms with Gasteiger partial charge in [-0.05, 0) is 66.5 Å². The van der Waals surface area contributed by atoms with Gasteiger partial charge >= 0.3 is 6.36 Å². The fourth-order valence-corrected chi connectivity index (χ4v) is 3.47. The molecule has 0 saturated carbocycles. The average molecular weight is 541 g/mol. The van der Waals surface area contributed by atoms with Crippen LogP contribution in [0.2, 0.25) is 0 Å². The minimum Gasteiger partial charge on any atom is -0.406 e. The predicted molar refractivity (Wildman–Crippen MR) is 151 cm³/mol. The van der Waals surface area contributed by atoms with Crippen molar-refractivity contribution in [2.24, 2.45) is 20.8 Å². The lowest BCUT2D eigenvalue weighted by atomic mass is 10.0. The van der Waals surface area contributed by atoms with Gasteiger partial charge in [0.1, 0.15) is 17.9 Å². The molecule has 0 atom stereocenters. The molecule has 0 aliphatic heterocycles. The summed E-state index contributed by atoms with van der Waals surface area (Å²) in [6.45, 7) is 6.08. The van der Waals surface area contributed by atoms with Gasteiger partial charge in [-0.3, -0.25) is 5.43 Å². The second kappa shape index (κ2) is 12.8. The van der Waals surface area contributed by atoms with Gasteiger partial charge in [0.25, 0.3) is 0 Å². The Bertz CT molecular complexity index is 1330. The minimum atomic E-state index is -4.75. The van der Waals surface area contributed by atoms with Crippen molar-refractivity contribution in [1.29, 1.82) is 0 Å². The second-order valence-electron chi connectivity index (χ2n) is 8.38. The molecule has 38 heavy (non-hydrogen) atoms. The van der Waals surface area contributed by atoms with Crippen LogP contribution < -0.4 is 21.2 Å². The van der Waals surface area contributed by atoms with E-state index in [-0.39, 0.29) is 11.6 Å². The zero-order valence-corrected chi connectivity index (χ0v) is 21.8. The molecule has 0 spiro atoms. The lowest BCUT2D eigenvalue weighted by molar-refractivity contribution is -0.274. The highest BCUT2D eigenvalue weighted by Gasteiger charge is 2.30. The van der Waals surface area contributed by atoms with Crippen LogP contribution in [-0.4, -0.2) is 29.4 Å². The number of hydrogen-bond acceptors (Lipinski definition) is 4. The monoisotopic (exact) mass is 540 g/mol. The van der Waals surface area contributed by atoms with Crippen LogP contribution in [0.25, 0.3) is 0 Å². The van der Waals surface area contributed by atoms with E-state index >= 15 is 0 Å². The number of hydrogen-bond donors (Lipinski definition) is 3. The Balaban J connectivity index is 1.57. The highest BCUT2D eigenvalue weighted by molar-refractivity contribution is 7.80. The summed E-state index contributed by atoms with van der Waals surface area (Å²) in [6.07, 6.45) is -3.52. The van der Waals surface area contributed by atoms with Gasteiger partial charge in [0, 0.05) is 11.3 Å². The number of anilines is 1. The minimum absolute atomic E-state index is 0.222. The number of benzene rings is 3. The number of thiocarbonyl (C=S) groups is 1. The molecule has 0 radical (unpaired) electrons. The average Bonchev–Trinajstić information content (AvgIpc) is 2.87. The number of nitrogens with zero attached hydrogens (tertiary/aromatic N) is 3. The molecular formula is C27H27F3N6OS. The molecule has 7 nitrogen and oxygen atoms in total. The van der Waals surface area contributed by atoms with E-state index in [9.17, 15) is 13.2 Å². The number of para-hydroxylation sites is 1.